The number of hydrogen-bond acceptors (Lipinski definition) is 3. The second-order valence-corrected chi connectivity index (χ2v) is 22.1. The third kappa shape index (κ3) is 7.22. The quantitative estimate of drug-likeness (QED) is 0.110. The predicted octanol–water partition coefficient (Wildman–Crippen LogP) is 10.9. The number of hydrogen-bond donors (Lipinski definition) is 0. The summed E-state index contributed by atoms with van der Waals surface area (Å²) in [5.74, 6) is 2.42. The molecular formula is C38H37ClNO2Tl. The van der Waals surface area contributed by atoms with Crippen molar-refractivity contribution in [3.63, 3.8) is 0 Å². The molecule has 0 atom stereocenters. The Morgan fingerprint density at radius 3 is 2.07 bits per heavy atom. The van der Waals surface area contributed by atoms with Crippen LogP contribution in [0.2, 0.25) is 4.48 Å². The van der Waals surface area contributed by atoms with Crippen LogP contribution in [0, 0.1) is 20.8 Å². The molecule has 0 saturated heterocycles. The van der Waals surface area contributed by atoms with Crippen LogP contribution < -0.4 is 7.42 Å². The third-order valence-electron chi connectivity index (χ3n) is 7.64. The first-order chi connectivity index (χ1) is 20.6. The van der Waals surface area contributed by atoms with Gasteiger partial charge in [-0.15, -0.1) is 0 Å². The Morgan fingerprint density at radius 1 is 0.744 bits per heavy atom. The third-order valence-corrected chi connectivity index (χ3v) is 10.6. The van der Waals surface area contributed by atoms with Crippen LogP contribution in [-0.4, -0.2) is 28.1 Å². The van der Waals surface area contributed by atoms with Gasteiger partial charge in [-0.05, 0) is 0 Å². The molecule has 5 aromatic rings. The van der Waals surface area contributed by atoms with Crippen molar-refractivity contribution in [2.45, 2.75) is 44.5 Å². The van der Waals surface area contributed by atoms with Gasteiger partial charge in [0.15, 0.2) is 0 Å². The number of aryl methyl sites for hydroxylation is 3. The summed E-state index contributed by atoms with van der Waals surface area (Å²) in [5.41, 5.74) is 9.30. The van der Waals surface area contributed by atoms with Crippen LogP contribution in [0.5, 0.6) is 17.2 Å². The van der Waals surface area contributed by atoms with Crippen LogP contribution in [0.3, 0.4) is 0 Å². The zero-order valence-electron chi connectivity index (χ0n) is 25.7. The average molecular weight is 780 g/mol. The van der Waals surface area contributed by atoms with Crippen LogP contribution in [0.4, 0.5) is 5.69 Å². The van der Waals surface area contributed by atoms with Crippen molar-refractivity contribution < 1.29 is 7.42 Å². The first-order valence-electron chi connectivity index (χ1n) is 14.6. The van der Waals surface area contributed by atoms with E-state index in [2.05, 4.69) is 93.7 Å². The van der Waals surface area contributed by atoms with Crippen molar-refractivity contribution in [1.82, 2.24) is 0 Å². The summed E-state index contributed by atoms with van der Waals surface area (Å²) in [6, 6.07) is 37.3. The monoisotopic (exact) mass is 779 g/mol. The summed E-state index contributed by atoms with van der Waals surface area (Å²) in [7, 11) is 6.68. The maximum atomic E-state index is 6.68. The number of para-hydroxylation sites is 2. The van der Waals surface area contributed by atoms with Crippen molar-refractivity contribution in [1.29, 1.82) is 0 Å². The van der Waals surface area contributed by atoms with Crippen molar-refractivity contribution in [2.24, 2.45) is 4.99 Å². The van der Waals surface area contributed by atoms with Gasteiger partial charge in [-0.3, -0.25) is 0 Å². The Kier molecular flexibility index (Phi) is 9.72. The molecule has 0 amide bonds. The SMILES string of the molecule is Cc1cc(C)c(N=Cc2cc(C)cc(C(C)(C)c3ccccc3)c2[O][Tl]([CH3])[Cl])c(-c2ccccc2Oc2ccccc2)c1. The zero-order valence-corrected chi connectivity index (χ0v) is 30.9. The Hall–Kier alpha value is -3.42. The summed E-state index contributed by atoms with van der Waals surface area (Å²) in [4.78, 5) is 5.17. The molecule has 0 radical (unpaired) electrons. The summed E-state index contributed by atoms with van der Waals surface area (Å²) >= 11 is -2.82. The number of halogens is 1. The number of benzene rings is 5. The Morgan fingerprint density at radius 2 is 1.37 bits per heavy atom. The van der Waals surface area contributed by atoms with Crippen LogP contribution in [-0.2, 0) is 5.41 Å². The molecule has 5 aromatic carbocycles. The fraction of sp³-hybridized carbons (Fsp3) is 0.184. The van der Waals surface area contributed by atoms with Gasteiger partial charge in [0.05, 0.1) is 0 Å². The molecule has 0 heterocycles. The molecular weight excluding hydrogens is 742 g/mol. The van der Waals surface area contributed by atoms with E-state index in [9.17, 15) is 0 Å². The molecule has 216 valence electrons. The topological polar surface area (TPSA) is 30.8 Å². The van der Waals surface area contributed by atoms with Gasteiger partial charge in [0.2, 0.25) is 0 Å². The van der Waals surface area contributed by atoms with Gasteiger partial charge in [-0.1, -0.05) is 18.2 Å². The number of ether oxygens (including phenoxy) is 1. The number of aliphatic imine (C=N–C) groups is 1. The molecule has 0 spiro atoms. The summed E-state index contributed by atoms with van der Waals surface area (Å²) in [6.07, 6.45) is 1.95. The zero-order chi connectivity index (χ0) is 30.6. The molecule has 0 aromatic heterocycles. The molecule has 0 aliphatic carbocycles. The fourth-order valence-corrected chi connectivity index (χ4v) is 8.60. The molecule has 0 aliphatic rings. The van der Waals surface area contributed by atoms with E-state index >= 15 is 0 Å². The molecule has 0 unspecified atom stereocenters. The van der Waals surface area contributed by atoms with E-state index in [1.165, 1.54) is 5.56 Å². The maximum absolute atomic E-state index is 6.68. The van der Waals surface area contributed by atoms with E-state index < -0.39 is 21.9 Å². The minimum absolute atomic E-state index is 0.288. The van der Waals surface area contributed by atoms with E-state index in [0.29, 0.717) is 0 Å². The second-order valence-electron chi connectivity index (χ2n) is 11.5. The molecule has 5 heteroatoms. The minimum atomic E-state index is -2.82. The molecule has 0 aliphatic heterocycles. The van der Waals surface area contributed by atoms with E-state index in [4.69, 9.17) is 20.7 Å². The van der Waals surface area contributed by atoms with Crippen molar-refractivity contribution >= 4 is 42.2 Å². The molecule has 0 bridgehead atoms. The second kappa shape index (κ2) is 13.5. The summed E-state index contributed by atoms with van der Waals surface area (Å²) < 4.78 is 15.0. The van der Waals surface area contributed by atoms with Gasteiger partial charge >= 0.3 is 252 Å². The summed E-state index contributed by atoms with van der Waals surface area (Å²) in [5, 5.41) is 0. The Balaban J connectivity index is 1.64. The van der Waals surface area contributed by atoms with Gasteiger partial charge in [0.1, 0.15) is 0 Å². The normalized spacial score (nSPS) is 11.5. The van der Waals surface area contributed by atoms with Gasteiger partial charge < -0.3 is 0 Å². The van der Waals surface area contributed by atoms with E-state index in [0.717, 1.165) is 61.9 Å². The fourth-order valence-electron chi connectivity index (χ4n) is 5.53. The van der Waals surface area contributed by atoms with Crippen molar-refractivity contribution in [2.75, 3.05) is 0 Å². The molecule has 0 fully saturated rings. The van der Waals surface area contributed by atoms with Gasteiger partial charge in [-0.25, -0.2) is 0 Å². The molecule has 0 saturated carbocycles. The van der Waals surface area contributed by atoms with Crippen LogP contribution in [0.15, 0.2) is 114 Å². The standard InChI is InChI=1S/C37H35NO2.CH3.ClH.Tl/c1-25-20-27(3)35(32(22-25)31-18-12-13-19-34(31)40-30-16-10-7-11-17-30)38-24-28-21-26(2)23-33(36(28)39)37(4,5)29-14-8-6-9-15-29;;;/h6-24,39H,1-5H3;1H3;1H;/q;;;+2/p-2. The van der Waals surface area contributed by atoms with E-state index in [1.54, 1.807) is 0 Å². The summed E-state index contributed by atoms with van der Waals surface area (Å²) in [6.45, 7) is 10.8. The first kappa shape index (κ1) is 31.0. The van der Waals surface area contributed by atoms with Crippen LogP contribution in [0.1, 0.15) is 47.2 Å². The molecule has 5 rings (SSSR count). The van der Waals surface area contributed by atoms with Gasteiger partial charge in [0, 0.05) is 0 Å². The first-order valence-corrected chi connectivity index (χ1v) is 26.5. The predicted molar refractivity (Wildman–Crippen MR) is 183 cm³/mol. The number of rotatable bonds is 9. The van der Waals surface area contributed by atoms with Crippen LogP contribution >= 0.6 is 8.32 Å². The Labute approximate surface area is 268 Å². The van der Waals surface area contributed by atoms with Crippen molar-refractivity contribution in [3.8, 4) is 28.4 Å². The molecule has 3 nitrogen and oxygen atoms in total. The van der Waals surface area contributed by atoms with Gasteiger partial charge in [0.25, 0.3) is 0 Å². The van der Waals surface area contributed by atoms with Crippen molar-refractivity contribution in [3.05, 3.63) is 143 Å². The Bertz CT molecular complexity index is 1750. The van der Waals surface area contributed by atoms with E-state index in [-0.39, 0.29) is 5.41 Å². The van der Waals surface area contributed by atoms with Gasteiger partial charge in [-0.2, -0.15) is 0 Å². The van der Waals surface area contributed by atoms with Crippen LogP contribution in [0.25, 0.3) is 11.1 Å². The molecule has 0 N–H and O–H groups in total. The van der Waals surface area contributed by atoms with E-state index in [1.807, 2.05) is 60.8 Å². The molecule has 43 heavy (non-hydrogen) atoms. The average Bonchev–Trinajstić information content (AvgIpc) is 2.98. The number of nitrogens with zero attached hydrogens (tertiary/aromatic N) is 1.